The Morgan fingerprint density at radius 1 is 1.05 bits per heavy atom. The Hall–Kier alpha value is -0.460. The van der Waals surface area contributed by atoms with Gasteiger partial charge in [0.2, 0.25) is 0 Å². The molecule has 0 unspecified atom stereocenters. The van der Waals surface area contributed by atoms with Crippen molar-refractivity contribution in [3.63, 3.8) is 0 Å². The molecule has 0 atom stereocenters. The Kier molecular flexibility index (Phi) is 9.93. The predicted molar refractivity (Wildman–Crippen MR) is 79.4 cm³/mol. The van der Waals surface area contributed by atoms with Crippen LogP contribution in [0, 0.1) is 0 Å². The van der Waals surface area contributed by atoms with Crippen LogP contribution in [0.2, 0.25) is 0 Å². The van der Waals surface area contributed by atoms with Gasteiger partial charge in [0.1, 0.15) is 0 Å². The van der Waals surface area contributed by atoms with Crippen LogP contribution >= 0.6 is 15.9 Å². The minimum atomic E-state index is 0.620. The first-order chi connectivity index (χ1) is 9.33. The van der Waals surface area contributed by atoms with Crippen molar-refractivity contribution in [1.82, 2.24) is 5.32 Å². The van der Waals surface area contributed by atoms with Crippen molar-refractivity contribution < 1.29 is 14.2 Å². The fourth-order valence-electron chi connectivity index (χ4n) is 1.49. The molecule has 0 saturated heterocycles. The van der Waals surface area contributed by atoms with Crippen molar-refractivity contribution in [2.45, 2.75) is 6.54 Å². The second-order valence-corrected chi connectivity index (χ2v) is 4.94. The Morgan fingerprint density at radius 3 is 2.53 bits per heavy atom. The number of hydrogen-bond donors (Lipinski definition) is 1. The van der Waals surface area contributed by atoms with Gasteiger partial charge in [-0.1, -0.05) is 28.1 Å². The maximum absolute atomic E-state index is 5.44. The number of ether oxygens (including phenoxy) is 3. The van der Waals surface area contributed by atoms with E-state index in [2.05, 4.69) is 33.4 Å². The molecule has 108 valence electrons. The van der Waals surface area contributed by atoms with E-state index in [-0.39, 0.29) is 0 Å². The fraction of sp³-hybridized carbons (Fsp3) is 0.571. The third kappa shape index (κ3) is 9.13. The second-order valence-electron chi connectivity index (χ2n) is 4.02. The van der Waals surface area contributed by atoms with Crippen molar-refractivity contribution in [1.29, 1.82) is 0 Å². The van der Waals surface area contributed by atoms with Crippen LogP contribution in [0.3, 0.4) is 0 Å². The van der Waals surface area contributed by atoms with E-state index in [0.29, 0.717) is 33.0 Å². The van der Waals surface area contributed by atoms with Crippen LogP contribution < -0.4 is 5.32 Å². The molecule has 0 fully saturated rings. The van der Waals surface area contributed by atoms with Crippen LogP contribution in [-0.2, 0) is 20.8 Å². The normalized spacial score (nSPS) is 10.8. The summed E-state index contributed by atoms with van der Waals surface area (Å²) in [4.78, 5) is 0. The SMILES string of the molecule is COCCOCCOCCNCc1cccc(Br)c1. The summed E-state index contributed by atoms with van der Waals surface area (Å²) in [5, 5.41) is 3.33. The van der Waals surface area contributed by atoms with Crippen LogP contribution in [0.4, 0.5) is 0 Å². The molecule has 0 spiro atoms. The highest BCUT2D eigenvalue weighted by atomic mass is 79.9. The number of halogens is 1. The van der Waals surface area contributed by atoms with Crippen molar-refractivity contribution >= 4 is 15.9 Å². The first-order valence-corrected chi connectivity index (χ1v) is 7.22. The fourth-order valence-corrected chi connectivity index (χ4v) is 1.93. The van der Waals surface area contributed by atoms with Gasteiger partial charge < -0.3 is 19.5 Å². The summed E-state index contributed by atoms with van der Waals surface area (Å²) in [6, 6.07) is 8.27. The minimum Gasteiger partial charge on any atom is -0.382 e. The van der Waals surface area contributed by atoms with Gasteiger partial charge in [-0.05, 0) is 17.7 Å². The lowest BCUT2D eigenvalue weighted by Crippen LogP contribution is -2.20. The Labute approximate surface area is 123 Å². The number of nitrogens with one attached hydrogen (secondary N) is 1. The van der Waals surface area contributed by atoms with Gasteiger partial charge in [0.25, 0.3) is 0 Å². The zero-order valence-corrected chi connectivity index (χ0v) is 12.9. The van der Waals surface area contributed by atoms with Crippen LogP contribution in [0.5, 0.6) is 0 Å². The van der Waals surface area contributed by atoms with Gasteiger partial charge >= 0.3 is 0 Å². The van der Waals surface area contributed by atoms with E-state index in [9.17, 15) is 0 Å². The molecule has 1 aromatic rings. The van der Waals surface area contributed by atoms with E-state index in [1.54, 1.807) is 7.11 Å². The Bertz CT molecular complexity index is 336. The molecule has 1 rings (SSSR count). The van der Waals surface area contributed by atoms with Gasteiger partial charge in [-0.2, -0.15) is 0 Å². The summed E-state index contributed by atoms with van der Waals surface area (Å²) in [7, 11) is 1.66. The zero-order chi connectivity index (χ0) is 13.8. The van der Waals surface area contributed by atoms with Crippen LogP contribution in [-0.4, -0.2) is 46.7 Å². The highest BCUT2D eigenvalue weighted by Crippen LogP contribution is 2.10. The van der Waals surface area contributed by atoms with Gasteiger partial charge in [0, 0.05) is 24.7 Å². The first-order valence-electron chi connectivity index (χ1n) is 6.42. The molecule has 0 aliphatic heterocycles. The number of rotatable bonds is 11. The maximum atomic E-state index is 5.44. The first kappa shape index (κ1) is 16.6. The minimum absolute atomic E-state index is 0.620. The van der Waals surface area contributed by atoms with E-state index in [0.717, 1.165) is 17.6 Å². The van der Waals surface area contributed by atoms with Crippen molar-refractivity contribution in [2.24, 2.45) is 0 Å². The van der Waals surface area contributed by atoms with Crippen molar-refractivity contribution in [3.8, 4) is 0 Å². The van der Waals surface area contributed by atoms with E-state index in [4.69, 9.17) is 14.2 Å². The number of benzene rings is 1. The van der Waals surface area contributed by atoms with Gasteiger partial charge in [0.05, 0.1) is 33.0 Å². The highest BCUT2D eigenvalue weighted by Gasteiger charge is 1.94. The number of methoxy groups -OCH3 is 1. The molecule has 0 saturated carbocycles. The third-order valence-electron chi connectivity index (χ3n) is 2.45. The molecule has 0 aliphatic rings. The molecule has 0 aromatic heterocycles. The van der Waals surface area contributed by atoms with Gasteiger partial charge in [0.15, 0.2) is 0 Å². The summed E-state index contributed by atoms with van der Waals surface area (Å²) in [6.45, 7) is 4.89. The molecule has 5 heteroatoms. The maximum Gasteiger partial charge on any atom is 0.0701 e. The quantitative estimate of drug-likeness (QED) is 0.631. The molecule has 0 amide bonds. The van der Waals surface area contributed by atoms with Gasteiger partial charge in [-0.3, -0.25) is 0 Å². The second kappa shape index (κ2) is 11.4. The van der Waals surface area contributed by atoms with E-state index in [1.807, 2.05) is 12.1 Å². The zero-order valence-electron chi connectivity index (χ0n) is 11.4. The standard InChI is InChI=1S/C14H22BrNO3/c1-17-7-8-19-10-9-18-6-5-16-12-13-3-2-4-14(15)11-13/h2-4,11,16H,5-10,12H2,1H3. The molecule has 1 aromatic carbocycles. The molecule has 0 heterocycles. The van der Waals surface area contributed by atoms with Crippen molar-refractivity contribution in [2.75, 3.05) is 46.7 Å². The lowest BCUT2D eigenvalue weighted by Gasteiger charge is -2.07. The predicted octanol–water partition coefficient (Wildman–Crippen LogP) is 2.22. The smallest absolute Gasteiger partial charge is 0.0701 e. The monoisotopic (exact) mass is 331 g/mol. The summed E-state index contributed by atoms with van der Waals surface area (Å²) in [6.07, 6.45) is 0. The molecule has 0 radical (unpaired) electrons. The largest absolute Gasteiger partial charge is 0.382 e. The van der Waals surface area contributed by atoms with Crippen molar-refractivity contribution in [3.05, 3.63) is 34.3 Å². The van der Waals surface area contributed by atoms with E-state index >= 15 is 0 Å². The molecule has 19 heavy (non-hydrogen) atoms. The van der Waals surface area contributed by atoms with E-state index < -0.39 is 0 Å². The van der Waals surface area contributed by atoms with E-state index in [1.165, 1.54) is 5.56 Å². The molecule has 4 nitrogen and oxygen atoms in total. The van der Waals surface area contributed by atoms with Gasteiger partial charge in [-0.25, -0.2) is 0 Å². The average Bonchev–Trinajstić information content (AvgIpc) is 2.41. The van der Waals surface area contributed by atoms with Crippen LogP contribution in [0.25, 0.3) is 0 Å². The Morgan fingerprint density at radius 2 is 1.79 bits per heavy atom. The summed E-state index contributed by atoms with van der Waals surface area (Å²) in [5.41, 5.74) is 1.26. The molecule has 1 N–H and O–H groups in total. The Balaban J connectivity index is 1.89. The lowest BCUT2D eigenvalue weighted by molar-refractivity contribution is 0.0255. The number of hydrogen-bond acceptors (Lipinski definition) is 4. The summed E-state index contributed by atoms with van der Waals surface area (Å²) < 4.78 is 16.7. The third-order valence-corrected chi connectivity index (χ3v) is 2.94. The van der Waals surface area contributed by atoms with Crippen LogP contribution in [0.15, 0.2) is 28.7 Å². The van der Waals surface area contributed by atoms with Crippen LogP contribution in [0.1, 0.15) is 5.56 Å². The molecule has 0 bridgehead atoms. The molecular weight excluding hydrogens is 310 g/mol. The van der Waals surface area contributed by atoms with Gasteiger partial charge in [-0.15, -0.1) is 0 Å². The average molecular weight is 332 g/mol. The molecule has 0 aliphatic carbocycles. The summed E-state index contributed by atoms with van der Waals surface area (Å²) in [5.74, 6) is 0. The molecular formula is C14H22BrNO3. The summed E-state index contributed by atoms with van der Waals surface area (Å²) >= 11 is 3.46. The highest BCUT2D eigenvalue weighted by molar-refractivity contribution is 9.10. The lowest BCUT2D eigenvalue weighted by atomic mass is 10.2. The topological polar surface area (TPSA) is 39.7 Å².